The van der Waals surface area contributed by atoms with Crippen molar-refractivity contribution in [1.82, 2.24) is 0 Å². The van der Waals surface area contributed by atoms with Crippen molar-refractivity contribution in [1.29, 1.82) is 0 Å². The van der Waals surface area contributed by atoms with E-state index in [2.05, 4.69) is 0 Å². The average Bonchev–Trinajstić information content (AvgIpc) is 2.69. The summed E-state index contributed by atoms with van der Waals surface area (Å²) < 4.78 is 0. The molecule has 146 valence electrons. The van der Waals surface area contributed by atoms with Crippen LogP contribution in [0.2, 0.25) is 0 Å². The third-order valence-electron chi connectivity index (χ3n) is 4.60. The molecule has 26 heavy (non-hydrogen) atoms. The summed E-state index contributed by atoms with van der Waals surface area (Å²) in [6.45, 7) is 11.1. The zero-order valence-corrected chi connectivity index (χ0v) is 16.7. The quantitative estimate of drug-likeness (QED) is 0.453. The van der Waals surface area contributed by atoms with Crippen LogP contribution in [0.15, 0.2) is 34.6 Å². The molecule has 0 amide bonds. The number of allylic oxidation sites excluding steroid dienone is 4. The maximum Gasteiger partial charge on any atom is 0.176 e. The van der Waals surface area contributed by atoms with Crippen molar-refractivity contribution >= 4 is 11.6 Å². The first-order valence-corrected chi connectivity index (χ1v) is 9.11. The monoisotopic (exact) mass is 364 g/mol. The Morgan fingerprint density at radius 2 is 1.69 bits per heavy atom. The fourth-order valence-corrected chi connectivity index (χ4v) is 3.16. The van der Waals surface area contributed by atoms with E-state index in [1.807, 2.05) is 41.5 Å². The normalized spacial score (nSPS) is 24.0. The number of carbonyl (C=O) groups is 2. The van der Waals surface area contributed by atoms with Gasteiger partial charge < -0.3 is 15.3 Å². The molecule has 5 nitrogen and oxygen atoms in total. The smallest absolute Gasteiger partial charge is 0.176 e. The van der Waals surface area contributed by atoms with E-state index in [4.69, 9.17) is 0 Å². The Balaban J connectivity index is 3.38. The molecular formula is C21H32O5. The van der Waals surface area contributed by atoms with Gasteiger partial charge >= 0.3 is 0 Å². The lowest BCUT2D eigenvalue weighted by molar-refractivity contribution is -0.134. The highest BCUT2D eigenvalue weighted by Crippen LogP contribution is 2.43. The first-order valence-electron chi connectivity index (χ1n) is 9.11. The van der Waals surface area contributed by atoms with Gasteiger partial charge in [-0.3, -0.25) is 9.59 Å². The first-order chi connectivity index (χ1) is 11.9. The van der Waals surface area contributed by atoms with Crippen LogP contribution in [0.3, 0.4) is 0 Å². The molecule has 0 bridgehead atoms. The van der Waals surface area contributed by atoms with E-state index in [-0.39, 0.29) is 30.8 Å². The lowest BCUT2D eigenvalue weighted by Crippen LogP contribution is -2.49. The van der Waals surface area contributed by atoms with Crippen molar-refractivity contribution in [2.24, 2.45) is 11.8 Å². The molecule has 1 aliphatic carbocycles. The Kier molecular flexibility index (Phi) is 7.54. The third-order valence-corrected chi connectivity index (χ3v) is 4.60. The summed E-state index contributed by atoms with van der Waals surface area (Å²) in [6.07, 6.45) is 2.43. The Bertz CT molecular complexity index is 645. The van der Waals surface area contributed by atoms with Gasteiger partial charge in [0.25, 0.3) is 0 Å². The summed E-state index contributed by atoms with van der Waals surface area (Å²) in [5.41, 5.74) is -0.626. The fraction of sp³-hybridized carbons (Fsp3) is 0.619. The number of Topliss-reactive ketones (excluding diaryl/α,β-unsaturated/α-hetero) is 2. The predicted octanol–water partition coefficient (Wildman–Crippen LogP) is 3.42. The van der Waals surface area contributed by atoms with Gasteiger partial charge in [0.1, 0.15) is 11.3 Å². The molecule has 1 unspecified atom stereocenters. The fourth-order valence-electron chi connectivity index (χ4n) is 3.16. The molecule has 0 fully saturated rings. The summed E-state index contributed by atoms with van der Waals surface area (Å²) in [5, 5.41) is 32.4. The molecule has 0 saturated carbocycles. The molecule has 0 radical (unpaired) electrons. The second-order valence-electron chi connectivity index (χ2n) is 8.04. The van der Waals surface area contributed by atoms with E-state index in [0.717, 1.165) is 11.1 Å². The van der Waals surface area contributed by atoms with Gasteiger partial charge in [-0.25, -0.2) is 0 Å². The molecule has 3 atom stereocenters. The number of aliphatic hydroxyl groups excluding tert-OH is 2. The average molecular weight is 364 g/mol. The summed E-state index contributed by atoms with van der Waals surface area (Å²) in [6, 6.07) is 0. The molecular weight excluding hydrogens is 332 g/mol. The van der Waals surface area contributed by atoms with Crippen LogP contribution in [0.25, 0.3) is 0 Å². The number of hydrogen-bond donors (Lipinski definition) is 3. The zero-order valence-electron chi connectivity index (χ0n) is 16.7. The van der Waals surface area contributed by atoms with E-state index < -0.39 is 34.9 Å². The molecule has 0 saturated heterocycles. The van der Waals surface area contributed by atoms with Crippen molar-refractivity contribution < 1.29 is 24.9 Å². The number of hydrogen-bond acceptors (Lipinski definition) is 5. The van der Waals surface area contributed by atoms with Crippen molar-refractivity contribution in [3.8, 4) is 0 Å². The summed E-state index contributed by atoms with van der Waals surface area (Å²) in [5.74, 6) is -2.84. The topological polar surface area (TPSA) is 94.8 Å². The van der Waals surface area contributed by atoms with Crippen LogP contribution in [0.1, 0.15) is 60.8 Å². The summed E-state index contributed by atoms with van der Waals surface area (Å²) >= 11 is 0. The van der Waals surface area contributed by atoms with Crippen LogP contribution in [0, 0.1) is 11.8 Å². The van der Waals surface area contributed by atoms with Gasteiger partial charge in [-0.2, -0.15) is 0 Å². The molecule has 0 aromatic rings. The van der Waals surface area contributed by atoms with Crippen molar-refractivity contribution in [2.75, 3.05) is 0 Å². The lowest BCUT2D eigenvalue weighted by Gasteiger charge is -2.33. The molecule has 0 spiro atoms. The van der Waals surface area contributed by atoms with E-state index >= 15 is 0 Å². The predicted molar refractivity (Wildman–Crippen MR) is 102 cm³/mol. The largest absolute Gasteiger partial charge is 0.508 e. The van der Waals surface area contributed by atoms with E-state index in [0.29, 0.717) is 0 Å². The second-order valence-corrected chi connectivity index (χ2v) is 8.04. The molecule has 0 aromatic heterocycles. The number of ketones is 2. The second kappa shape index (κ2) is 8.78. The number of carbonyl (C=O) groups excluding carboxylic acids is 2. The van der Waals surface area contributed by atoms with Gasteiger partial charge in [-0.05, 0) is 46.5 Å². The van der Waals surface area contributed by atoms with Crippen LogP contribution in [0.4, 0.5) is 0 Å². The first kappa shape index (κ1) is 22.3. The molecule has 1 aliphatic rings. The Morgan fingerprint density at radius 3 is 2.15 bits per heavy atom. The molecule has 0 aliphatic heterocycles. The highest BCUT2D eigenvalue weighted by atomic mass is 16.4. The number of rotatable bonds is 8. The van der Waals surface area contributed by atoms with E-state index in [9.17, 15) is 24.9 Å². The lowest BCUT2D eigenvalue weighted by atomic mass is 9.80. The van der Waals surface area contributed by atoms with Crippen LogP contribution < -0.4 is 0 Å². The van der Waals surface area contributed by atoms with Crippen LogP contribution in [-0.2, 0) is 9.59 Å². The van der Waals surface area contributed by atoms with E-state index in [1.165, 1.54) is 0 Å². The standard InChI is InChI=1S/C21H32O5/c1-12(2)7-9-15-19(24)18(16(22)11-14(5)6)20(25)21(15,26)17(23)10-8-13(3)4/h7-8,14-15,17,23,25-26H,9-11H2,1-6H3/t15?,17-,21+/m0/s1. The molecule has 1 rings (SSSR count). The van der Waals surface area contributed by atoms with Gasteiger partial charge in [-0.1, -0.05) is 37.1 Å². The zero-order chi connectivity index (χ0) is 20.2. The van der Waals surface area contributed by atoms with Crippen molar-refractivity contribution in [2.45, 2.75) is 72.5 Å². The van der Waals surface area contributed by atoms with Crippen LogP contribution in [0.5, 0.6) is 0 Å². The van der Waals surface area contributed by atoms with Gasteiger partial charge in [0, 0.05) is 6.42 Å². The highest BCUT2D eigenvalue weighted by Gasteiger charge is 2.58. The maximum absolute atomic E-state index is 12.9. The third kappa shape index (κ3) is 4.71. The highest BCUT2D eigenvalue weighted by molar-refractivity contribution is 6.23. The summed E-state index contributed by atoms with van der Waals surface area (Å²) in [7, 11) is 0. The molecule has 0 heterocycles. The number of aliphatic hydroxyl groups is 3. The van der Waals surface area contributed by atoms with Gasteiger partial charge in [0.2, 0.25) is 0 Å². The minimum absolute atomic E-state index is 0.0103. The van der Waals surface area contributed by atoms with Crippen molar-refractivity contribution in [3.63, 3.8) is 0 Å². The maximum atomic E-state index is 12.9. The summed E-state index contributed by atoms with van der Waals surface area (Å²) in [4.78, 5) is 25.3. The molecule has 3 N–H and O–H groups in total. The van der Waals surface area contributed by atoms with Gasteiger partial charge in [0.15, 0.2) is 17.2 Å². The minimum atomic E-state index is -2.16. The van der Waals surface area contributed by atoms with Crippen molar-refractivity contribution in [3.05, 3.63) is 34.6 Å². The van der Waals surface area contributed by atoms with Crippen LogP contribution in [-0.4, -0.2) is 38.6 Å². The Hall–Kier alpha value is -1.72. The van der Waals surface area contributed by atoms with Crippen LogP contribution >= 0.6 is 0 Å². The Labute approximate surface area is 156 Å². The van der Waals surface area contributed by atoms with Gasteiger partial charge in [-0.15, -0.1) is 0 Å². The molecule has 0 aromatic carbocycles. The SMILES string of the molecule is CC(C)=CCC1C(=O)C(C(=O)CC(C)C)=C(O)[C@]1(O)[C@@H](O)CC=C(C)C. The molecule has 5 heteroatoms. The van der Waals surface area contributed by atoms with E-state index in [1.54, 1.807) is 12.2 Å². The van der Waals surface area contributed by atoms with Gasteiger partial charge in [0.05, 0.1) is 12.0 Å². The minimum Gasteiger partial charge on any atom is -0.508 e. The Morgan fingerprint density at radius 1 is 1.15 bits per heavy atom.